The second-order valence-electron chi connectivity index (χ2n) is 3.54. The Labute approximate surface area is 82.6 Å². The fourth-order valence-electron chi connectivity index (χ4n) is 1.93. The standard InChI is InChI=1S/C10H13ClS/c11-10-3-1-2-9(10)6-8-4-5-12-7-8/h4-5,7,9-10H,1-3,6H2. The van der Waals surface area contributed by atoms with Crippen LogP contribution in [0.1, 0.15) is 24.8 Å². The van der Waals surface area contributed by atoms with Gasteiger partial charge in [-0.05, 0) is 47.6 Å². The van der Waals surface area contributed by atoms with Gasteiger partial charge in [0.25, 0.3) is 0 Å². The van der Waals surface area contributed by atoms with Gasteiger partial charge in [0.1, 0.15) is 0 Å². The Morgan fingerprint density at radius 1 is 1.50 bits per heavy atom. The molecule has 0 amide bonds. The lowest BCUT2D eigenvalue weighted by Crippen LogP contribution is -2.09. The molecule has 2 unspecified atom stereocenters. The lowest BCUT2D eigenvalue weighted by Gasteiger charge is -2.11. The van der Waals surface area contributed by atoms with E-state index in [9.17, 15) is 0 Å². The molecule has 1 saturated carbocycles. The van der Waals surface area contributed by atoms with E-state index in [1.807, 2.05) is 0 Å². The van der Waals surface area contributed by atoms with E-state index in [0.717, 1.165) is 5.92 Å². The van der Waals surface area contributed by atoms with Crippen molar-refractivity contribution in [3.8, 4) is 0 Å². The summed E-state index contributed by atoms with van der Waals surface area (Å²) in [6.45, 7) is 0. The highest BCUT2D eigenvalue weighted by molar-refractivity contribution is 7.07. The van der Waals surface area contributed by atoms with Crippen LogP contribution in [-0.2, 0) is 6.42 Å². The van der Waals surface area contributed by atoms with Crippen molar-refractivity contribution in [3.05, 3.63) is 22.4 Å². The molecule has 12 heavy (non-hydrogen) atoms. The molecule has 1 aliphatic carbocycles. The van der Waals surface area contributed by atoms with Gasteiger partial charge in [0, 0.05) is 5.38 Å². The molecule has 0 radical (unpaired) electrons. The van der Waals surface area contributed by atoms with Crippen molar-refractivity contribution in [1.82, 2.24) is 0 Å². The zero-order chi connectivity index (χ0) is 8.39. The van der Waals surface area contributed by atoms with Crippen LogP contribution in [0.4, 0.5) is 0 Å². The van der Waals surface area contributed by atoms with Gasteiger partial charge in [-0.15, -0.1) is 11.6 Å². The molecular weight excluding hydrogens is 188 g/mol. The summed E-state index contributed by atoms with van der Waals surface area (Å²) in [4.78, 5) is 0. The minimum Gasteiger partial charge on any atom is -0.152 e. The maximum Gasteiger partial charge on any atom is 0.0367 e. The Kier molecular flexibility index (Phi) is 2.72. The van der Waals surface area contributed by atoms with Gasteiger partial charge in [0.2, 0.25) is 0 Å². The second-order valence-corrected chi connectivity index (χ2v) is 4.88. The highest BCUT2D eigenvalue weighted by Crippen LogP contribution is 2.32. The molecule has 1 heterocycles. The van der Waals surface area contributed by atoms with Crippen LogP contribution in [0.3, 0.4) is 0 Å². The van der Waals surface area contributed by atoms with Crippen LogP contribution < -0.4 is 0 Å². The summed E-state index contributed by atoms with van der Waals surface area (Å²) in [6, 6.07) is 2.21. The normalized spacial score (nSPS) is 29.4. The van der Waals surface area contributed by atoms with Crippen molar-refractivity contribution in [2.45, 2.75) is 31.1 Å². The van der Waals surface area contributed by atoms with Gasteiger partial charge in [-0.1, -0.05) is 6.42 Å². The van der Waals surface area contributed by atoms with Crippen LogP contribution in [0.25, 0.3) is 0 Å². The number of hydrogen-bond donors (Lipinski definition) is 0. The summed E-state index contributed by atoms with van der Waals surface area (Å²) in [5.41, 5.74) is 1.47. The summed E-state index contributed by atoms with van der Waals surface area (Å²) >= 11 is 7.98. The Bertz CT molecular complexity index is 230. The maximum absolute atomic E-state index is 6.20. The van der Waals surface area contributed by atoms with Crippen molar-refractivity contribution in [1.29, 1.82) is 0 Å². The first-order valence-corrected chi connectivity index (χ1v) is 5.89. The van der Waals surface area contributed by atoms with Crippen molar-refractivity contribution in [2.75, 3.05) is 0 Å². The first-order valence-electron chi connectivity index (χ1n) is 4.51. The van der Waals surface area contributed by atoms with E-state index in [4.69, 9.17) is 11.6 Å². The molecule has 1 aromatic heterocycles. The fraction of sp³-hybridized carbons (Fsp3) is 0.600. The third-order valence-electron chi connectivity index (χ3n) is 2.64. The minimum atomic E-state index is 0.435. The predicted molar refractivity (Wildman–Crippen MR) is 55.0 cm³/mol. The number of thiophene rings is 1. The first kappa shape index (κ1) is 8.58. The highest BCUT2D eigenvalue weighted by Gasteiger charge is 2.25. The fourth-order valence-corrected chi connectivity index (χ4v) is 2.98. The second kappa shape index (κ2) is 3.80. The lowest BCUT2D eigenvalue weighted by molar-refractivity contribution is 0.553. The number of halogens is 1. The largest absolute Gasteiger partial charge is 0.152 e. The Morgan fingerprint density at radius 3 is 3.00 bits per heavy atom. The van der Waals surface area contributed by atoms with Crippen LogP contribution in [0.2, 0.25) is 0 Å². The van der Waals surface area contributed by atoms with Gasteiger partial charge in [-0.25, -0.2) is 0 Å². The van der Waals surface area contributed by atoms with E-state index in [2.05, 4.69) is 16.8 Å². The van der Waals surface area contributed by atoms with E-state index in [0.29, 0.717) is 5.38 Å². The molecule has 2 rings (SSSR count). The quantitative estimate of drug-likeness (QED) is 0.639. The van der Waals surface area contributed by atoms with Crippen LogP contribution in [0, 0.1) is 5.92 Å². The molecule has 1 aliphatic rings. The summed E-state index contributed by atoms with van der Waals surface area (Å²) in [5.74, 6) is 0.737. The van der Waals surface area contributed by atoms with Crippen molar-refractivity contribution in [3.63, 3.8) is 0 Å². The van der Waals surface area contributed by atoms with Gasteiger partial charge < -0.3 is 0 Å². The highest BCUT2D eigenvalue weighted by atomic mass is 35.5. The first-order chi connectivity index (χ1) is 5.86. The summed E-state index contributed by atoms with van der Waals surface area (Å²) in [6.07, 6.45) is 5.06. The third-order valence-corrected chi connectivity index (χ3v) is 3.95. The number of hydrogen-bond acceptors (Lipinski definition) is 1. The summed E-state index contributed by atoms with van der Waals surface area (Å²) in [5, 5.41) is 4.82. The molecule has 1 aromatic rings. The molecule has 0 saturated heterocycles. The van der Waals surface area contributed by atoms with Crippen LogP contribution in [-0.4, -0.2) is 5.38 Å². The topological polar surface area (TPSA) is 0 Å². The molecule has 2 heteroatoms. The lowest BCUT2D eigenvalue weighted by atomic mass is 10.00. The SMILES string of the molecule is ClC1CCCC1Cc1ccsc1. The van der Waals surface area contributed by atoms with E-state index >= 15 is 0 Å². The molecule has 0 aliphatic heterocycles. The molecule has 0 spiro atoms. The molecular formula is C10H13ClS. The summed E-state index contributed by atoms with van der Waals surface area (Å²) in [7, 11) is 0. The van der Waals surface area contributed by atoms with Crippen LogP contribution in [0.15, 0.2) is 16.8 Å². The smallest absolute Gasteiger partial charge is 0.0367 e. The Hall–Kier alpha value is -0.0100. The van der Waals surface area contributed by atoms with Crippen molar-refractivity contribution >= 4 is 22.9 Å². The molecule has 2 atom stereocenters. The maximum atomic E-state index is 6.20. The van der Waals surface area contributed by atoms with Gasteiger partial charge in [0.05, 0.1) is 0 Å². The zero-order valence-corrected chi connectivity index (χ0v) is 8.57. The Morgan fingerprint density at radius 2 is 2.42 bits per heavy atom. The summed E-state index contributed by atoms with van der Waals surface area (Å²) < 4.78 is 0. The number of rotatable bonds is 2. The van der Waals surface area contributed by atoms with Gasteiger partial charge in [0.15, 0.2) is 0 Å². The van der Waals surface area contributed by atoms with Gasteiger partial charge >= 0.3 is 0 Å². The van der Waals surface area contributed by atoms with Gasteiger partial charge in [-0.3, -0.25) is 0 Å². The van der Waals surface area contributed by atoms with Gasteiger partial charge in [-0.2, -0.15) is 11.3 Å². The molecule has 0 nitrogen and oxygen atoms in total. The van der Waals surface area contributed by atoms with Crippen molar-refractivity contribution < 1.29 is 0 Å². The van der Waals surface area contributed by atoms with E-state index in [-0.39, 0.29) is 0 Å². The average Bonchev–Trinajstić information content (AvgIpc) is 2.65. The minimum absolute atomic E-state index is 0.435. The number of alkyl halides is 1. The van der Waals surface area contributed by atoms with Crippen LogP contribution >= 0.6 is 22.9 Å². The monoisotopic (exact) mass is 200 g/mol. The Balaban J connectivity index is 1.95. The molecule has 0 bridgehead atoms. The molecule has 0 aromatic carbocycles. The van der Waals surface area contributed by atoms with E-state index in [1.165, 1.54) is 31.2 Å². The third kappa shape index (κ3) is 1.83. The van der Waals surface area contributed by atoms with Crippen molar-refractivity contribution in [2.24, 2.45) is 5.92 Å². The molecule has 0 N–H and O–H groups in total. The van der Waals surface area contributed by atoms with Crippen LogP contribution in [0.5, 0.6) is 0 Å². The molecule has 66 valence electrons. The zero-order valence-electron chi connectivity index (χ0n) is 7.00. The average molecular weight is 201 g/mol. The predicted octanol–water partition coefficient (Wildman–Crippen LogP) is 3.70. The molecule has 1 fully saturated rings. The van der Waals surface area contributed by atoms with E-state index < -0.39 is 0 Å². The van der Waals surface area contributed by atoms with E-state index in [1.54, 1.807) is 11.3 Å².